The second-order valence-corrected chi connectivity index (χ2v) is 3.71. The summed E-state index contributed by atoms with van der Waals surface area (Å²) in [5.74, 6) is 0.804. The Labute approximate surface area is 82.9 Å². The minimum Gasteiger partial charge on any atom is -0.395 e. The van der Waals surface area contributed by atoms with Crippen LogP contribution in [0.3, 0.4) is 0 Å². The fraction of sp³-hybridized carbons (Fsp3) is 1.00. The van der Waals surface area contributed by atoms with Gasteiger partial charge in [0, 0.05) is 13.1 Å². The van der Waals surface area contributed by atoms with E-state index in [0.29, 0.717) is 6.61 Å². The minimum atomic E-state index is 0.292. The lowest BCUT2D eigenvalue weighted by molar-refractivity contribution is 0.172. The highest BCUT2D eigenvalue weighted by Crippen LogP contribution is 2.09. The molecule has 0 amide bonds. The maximum Gasteiger partial charge on any atom is 0.0558 e. The summed E-state index contributed by atoms with van der Waals surface area (Å²) in [7, 11) is 0. The van der Waals surface area contributed by atoms with E-state index in [0.717, 1.165) is 25.6 Å². The average Bonchev–Trinajstić information content (AvgIpc) is 2.14. The summed E-state index contributed by atoms with van der Waals surface area (Å²) in [6.45, 7) is 10.1. The molecule has 0 aromatic heterocycles. The van der Waals surface area contributed by atoms with E-state index in [9.17, 15) is 0 Å². The summed E-state index contributed by atoms with van der Waals surface area (Å²) >= 11 is 0. The molecule has 0 saturated carbocycles. The molecule has 0 aliphatic rings. The van der Waals surface area contributed by atoms with Gasteiger partial charge < -0.3 is 10.0 Å². The third-order valence-corrected chi connectivity index (χ3v) is 2.63. The molecule has 0 unspecified atom stereocenters. The Morgan fingerprint density at radius 3 is 2.08 bits per heavy atom. The molecule has 0 spiro atoms. The van der Waals surface area contributed by atoms with Gasteiger partial charge in [0.2, 0.25) is 0 Å². The van der Waals surface area contributed by atoms with Crippen LogP contribution in [0.15, 0.2) is 0 Å². The van der Waals surface area contributed by atoms with Gasteiger partial charge in [0.1, 0.15) is 0 Å². The predicted molar refractivity (Wildman–Crippen MR) is 57.9 cm³/mol. The summed E-state index contributed by atoms with van der Waals surface area (Å²) < 4.78 is 0. The Balaban J connectivity index is 3.76. The van der Waals surface area contributed by atoms with Crippen molar-refractivity contribution in [1.29, 1.82) is 0 Å². The van der Waals surface area contributed by atoms with Crippen molar-refractivity contribution in [1.82, 2.24) is 4.90 Å². The minimum absolute atomic E-state index is 0.292. The van der Waals surface area contributed by atoms with E-state index in [4.69, 9.17) is 5.11 Å². The molecular formula is C11H25NO. The monoisotopic (exact) mass is 187 g/mol. The molecule has 0 heterocycles. The molecular weight excluding hydrogens is 162 g/mol. The Morgan fingerprint density at radius 2 is 1.69 bits per heavy atom. The SMILES string of the molecule is CCCN(CCO)CC(CC)CC. The summed E-state index contributed by atoms with van der Waals surface area (Å²) in [4.78, 5) is 2.37. The summed E-state index contributed by atoms with van der Waals surface area (Å²) in [6, 6.07) is 0. The van der Waals surface area contributed by atoms with Gasteiger partial charge in [-0.05, 0) is 18.9 Å². The van der Waals surface area contributed by atoms with E-state index in [2.05, 4.69) is 25.7 Å². The van der Waals surface area contributed by atoms with Crippen molar-refractivity contribution < 1.29 is 5.11 Å². The second-order valence-electron chi connectivity index (χ2n) is 3.71. The molecule has 0 radical (unpaired) electrons. The molecule has 2 nitrogen and oxygen atoms in total. The molecule has 0 aromatic rings. The van der Waals surface area contributed by atoms with Gasteiger partial charge in [0.05, 0.1) is 6.61 Å². The first-order chi connectivity index (χ1) is 6.28. The highest BCUT2D eigenvalue weighted by Gasteiger charge is 2.09. The number of nitrogens with zero attached hydrogens (tertiary/aromatic N) is 1. The Bertz CT molecular complexity index is 96.3. The maximum atomic E-state index is 8.88. The molecule has 0 aliphatic heterocycles. The number of aliphatic hydroxyl groups is 1. The van der Waals surface area contributed by atoms with E-state index < -0.39 is 0 Å². The van der Waals surface area contributed by atoms with E-state index in [1.165, 1.54) is 19.3 Å². The van der Waals surface area contributed by atoms with Gasteiger partial charge in [-0.25, -0.2) is 0 Å². The van der Waals surface area contributed by atoms with Crippen LogP contribution in [0.2, 0.25) is 0 Å². The van der Waals surface area contributed by atoms with Gasteiger partial charge in [-0.2, -0.15) is 0 Å². The smallest absolute Gasteiger partial charge is 0.0558 e. The van der Waals surface area contributed by atoms with Crippen molar-refractivity contribution in [2.24, 2.45) is 5.92 Å². The van der Waals surface area contributed by atoms with Gasteiger partial charge in [0.15, 0.2) is 0 Å². The van der Waals surface area contributed by atoms with Crippen molar-refractivity contribution in [3.63, 3.8) is 0 Å². The summed E-state index contributed by atoms with van der Waals surface area (Å²) in [5.41, 5.74) is 0. The summed E-state index contributed by atoms with van der Waals surface area (Å²) in [6.07, 6.45) is 3.68. The number of rotatable bonds is 8. The van der Waals surface area contributed by atoms with Crippen LogP contribution in [0.5, 0.6) is 0 Å². The lowest BCUT2D eigenvalue weighted by atomic mass is 10.0. The Kier molecular flexibility index (Phi) is 8.46. The highest BCUT2D eigenvalue weighted by atomic mass is 16.3. The molecule has 0 rings (SSSR count). The van der Waals surface area contributed by atoms with E-state index in [-0.39, 0.29) is 0 Å². The van der Waals surface area contributed by atoms with Crippen molar-refractivity contribution >= 4 is 0 Å². The second kappa shape index (κ2) is 8.52. The van der Waals surface area contributed by atoms with Crippen LogP contribution >= 0.6 is 0 Å². The standard InChI is InChI=1S/C11H25NO/c1-4-7-12(8-9-13)10-11(5-2)6-3/h11,13H,4-10H2,1-3H3. The van der Waals surface area contributed by atoms with E-state index >= 15 is 0 Å². The van der Waals surface area contributed by atoms with Gasteiger partial charge >= 0.3 is 0 Å². The highest BCUT2D eigenvalue weighted by molar-refractivity contribution is 4.63. The van der Waals surface area contributed by atoms with Gasteiger partial charge in [-0.3, -0.25) is 0 Å². The first-order valence-corrected chi connectivity index (χ1v) is 5.61. The van der Waals surface area contributed by atoms with Crippen LogP contribution in [-0.2, 0) is 0 Å². The predicted octanol–water partition coefficient (Wildman–Crippen LogP) is 2.13. The molecule has 0 atom stereocenters. The molecule has 2 heteroatoms. The number of hydrogen-bond acceptors (Lipinski definition) is 2. The van der Waals surface area contributed by atoms with Crippen LogP contribution in [0.1, 0.15) is 40.0 Å². The summed E-state index contributed by atoms with van der Waals surface area (Å²) in [5, 5.41) is 8.88. The lowest BCUT2D eigenvalue weighted by Gasteiger charge is -2.25. The number of aliphatic hydroxyl groups excluding tert-OH is 1. The van der Waals surface area contributed by atoms with Gasteiger partial charge in [-0.15, -0.1) is 0 Å². The molecule has 80 valence electrons. The fourth-order valence-corrected chi connectivity index (χ4v) is 1.66. The zero-order valence-electron chi connectivity index (χ0n) is 9.42. The largest absolute Gasteiger partial charge is 0.395 e. The molecule has 0 aliphatic carbocycles. The van der Waals surface area contributed by atoms with Crippen LogP contribution in [-0.4, -0.2) is 36.2 Å². The average molecular weight is 187 g/mol. The third-order valence-electron chi connectivity index (χ3n) is 2.63. The van der Waals surface area contributed by atoms with Crippen molar-refractivity contribution in [3.8, 4) is 0 Å². The zero-order valence-corrected chi connectivity index (χ0v) is 9.42. The van der Waals surface area contributed by atoms with E-state index in [1.807, 2.05) is 0 Å². The Morgan fingerprint density at radius 1 is 1.08 bits per heavy atom. The molecule has 0 aromatic carbocycles. The van der Waals surface area contributed by atoms with Crippen molar-refractivity contribution in [2.45, 2.75) is 40.0 Å². The Hall–Kier alpha value is -0.0800. The first kappa shape index (κ1) is 12.9. The van der Waals surface area contributed by atoms with Crippen molar-refractivity contribution in [2.75, 3.05) is 26.2 Å². The number of hydrogen-bond donors (Lipinski definition) is 1. The molecule has 13 heavy (non-hydrogen) atoms. The lowest BCUT2D eigenvalue weighted by Crippen LogP contribution is -2.32. The molecule has 0 fully saturated rings. The fourth-order valence-electron chi connectivity index (χ4n) is 1.66. The molecule has 0 bridgehead atoms. The topological polar surface area (TPSA) is 23.5 Å². The van der Waals surface area contributed by atoms with E-state index in [1.54, 1.807) is 0 Å². The van der Waals surface area contributed by atoms with Crippen LogP contribution in [0.25, 0.3) is 0 Å². The first-order valence-electron chi connectivity index (χ1n) is 5.61. The van der Waals surface area contributed by atoms with Gasteiger partial charge in [0.25, 0.3) is 0 Å². The van der Waals surface area contributed by atoms with Crippen molar-refractivity contribution in [3.05, 3.63) is 0 Å². The normalized spacial score (nSPS) is 11.5. The van der Waals surface area contributed by atoms with Gasteiger partial charge in [-0.1, -0.05) is 33.6 Å². The third kappa shape index (κ3) is 6.05. The molecule has 0 saturated heterocycles. The zero-order chi connectivity index (χ0) is 10.1. The van der Waals surface area contributed by atoms with Crippen LogP contribution in [0, 0.1) is 5.92 Å². The van der Waals surface area contributed by atoms with Crippen LogP contribution in [0.4, 0.5) is 0 Å². The van der Waals surface area contributed by atoms with Crippen LogP contribution < -0.4 is 0 Å². The molecule has 1 N–H and O–H groups in total. The maximum absolute atomic E-state index is 8.88. The quantitative estimate of drug-likeness (QED) is 0.629.